The van der Waals surface area contributed by atoms with E-state index in [1.54, 1.807) is 0 Å². The third-order valence-corrected chi connectivity index (χ3v) is 5.32. The van der Waals surface area contributed by atoms with Crippen molar-refractivity contribution in [2.45, 2.75) is 20.8 Å². The summed E-state index contributed by atoms with van der Waals surface area (Å²) in [6, 6.07) is 13.7. The monoisotopic (exact) mass is 400 g/mol. The fourth-order valence-corrected chi connectivity index (χ4v) is 3.47. The molecule has 122 valence electrons. The van der Waals surface area contributed by atoms with Gasteiger partial charge in [0.05, 0.1) is 5.69 Å². The SMILES string of the molecule is Cc1ccc(C(=O)Nc2nc(-c3ccc(Br)cc3)c(C)s2)cc1C. The number of hydrogen-bond donors (Lipinski definition) is 1. The van der Waals surface area contributed by atoms with Crippen molar-refractivity contribution in [1.29, 1.82) is 0 Å². The molecule has 3 rings (SSSR count). The van der Waals surface area contributed by atoms with Gasteiger partial charge in [0.2, 0.25) is 0 Å². The van der Waals surface area contributed by atoms with Crippen molar-refractivity contribution in [1.82, 2.24) is 4.98 Å². The Morgan fingerprint density at radius 2 is 1.75 bits per heavy atom. The number of nitrogens with zero attached hydrogens (tertiary/aromatic N) is 1. The Labute approximate surface area is 153 Å². The molecule has 0 atom stereocenters. The largest absolute Gasteiger partial charge is 0.298 e. The Morgan fingerprint density at radius 1 is 1.04 bits per heavy atom. The lowest BCUT2D eigenvalue weighted by Gasteiger charge is -2.05. The van der Waals surface area contributed by atoms with Crippen LogP contribution in [0.5, 0.6) is 0 Å². The number of anilines is 1. The first-order valence-electron chi connectivity index (χ1n) is 7.56. The Kier molecular flexibility index (Phi) is 4.83. The van der Waals surface area contributed by atoms with Gasteiger partial charge in [-0.3, -0.25) is 10.1 Å². The predicted octanol–water partition coefficient (Wildman–Crippen LogP) is 5.75. The molecule has 0 spiro atoms. The molecule has 0 unspecified atom stereocenters. The summed E-state index contributed by atoms with van der Waals surface area (Å²) in [5, 5.41) is 3.53. The highest BCUT2D eigenvalue weighted by atomic mass is 79.9. The van der Waals surface area contributed by atoms with Crippen molar-refractivity contribution in [3.63, 3.8) is 0 Å². The highest BCUT2D eigenvalue weighted by molar-refractivity contribution is 9.10. The van der Waals surface area contributed by atoms with Crippen molar-refractivity contribution in [2.24, 2.45) is 0 Å². The van der Waals surface area contributed by atoms with Gasteiger partial charge in [-0.05, 0) is 56.2 Å². The zero-order valence-corrected chi connectivity index (χ0v) is 16.1. The zero-order valence-electron chi connectivity index (χ0n) is 13.7. The lowest BCUT2D eigenvalue weighted by atomic mass is 10.1. The van der Waals surface area contributed by atoms with Gasteiger partial charge in [-0.25, -0.2) is 4.98 Å². The number of hydrogen-bond acceptors (Lipinski definition) is 3. The van der Waals surface area contributed by atoms with Gasteiger partial charge in [0.15, 0.2) is 5.13 Å². The minimum absolute atomic E-state index is 0.130. The van der Waals surface area contributed by atoms with E-state index in [0.29, 0.717) is 10.7 Å². The number of carbonyl (C=O) groups is 1. The van der Waals surface area contributed by atoms with Crippen LogP contribution >= 0.6 is 27.3 Å². The lowest BCUT2D eigenvalue weighted by molar-refractivity contribution is 0.102. The molecule has 0 aliphatic carbocycles. The van der Waals surface area contributed by atoms with E-state index in [4.69, 9.17) is 0 Å². The third kappa shape index (κ3) is 3.57. The maximum absolute atomic E-state index is 12.4. The fraction of sp³-hybridized carbons (Fsp3) is 0.158. The molecular formula is C19H17BrN2OS. The normalized spacial score (nSPS) is 10.7. The minimum atomic E-state index is -0.130. The van der Waals surface area contributed by atoms with Gasteiger partial charge < -0.3 is 0 Å². The first kappa shape index (κ1) is 16.9. The molecule has 1 N–H and O–H groups in total. The highest BCUT2D eigenvalue weighted by Gasteiger charge is 2.13. The second-order valence-corrected chi connectivity index (χ2v) is 7.80. The van der Waals surface area contributed by atoms with Gasteiger partial charge in [-0.2, -0.15) is 0 Å². The molecule has 1 heterocycles. The molecule has 24 heavy (non-hydrogen) atoms. The van der Waals surface area contributed by atoms with Gasteiger partial charge in [0.25, 0.3) is 5.91 Å². The standard InChI is InChI=1S/C19H17BrN2OS/c1-11-4-5-15(10-12(11)2)18(23)22-19-21-17(13(3)24-19)14-6-8-16(20)9-7-14/h4-10H,1-3H3,(H,21,22,23). The summed E-state index contributed by atoms with van der Waals surface area (Å²) in [5.41, 5.74) is 4.88. The summed E-state index contributed by atoms with van der Waals surface area (Å²) >= 11 is 4.93. The number of aryl methyl sites for hydroxylation is 3. The molecule has 0 fully saturated rings. The van der Waals surface area contributed by atoms with Crippen molar-refractivity contribution in [3.8, 4) is 11.3 Å². The topological polar surface area (TPSA) is 42.0 Å². The summed E-state index contributed by atoms with van der Waals surface area (Å²) in [7, 11) is 0. The molecule has 1 aromatic heterocycles. The molecule has 0 saturated heterocycles. The van der Waals surface area contributed by atoms with Crippen LogP contribution in [0.4, 0.5) is 5.13 Å². The number of aromatic nitrogens is 1. The van der Waals surface area contributed by atoms with Gasteiger partial charge in [0.1, 0.15) is 0 Å². The molecule has 0 saturated carbocycles. The number of thiazole rings is 1. The van der Waals surface area contributed by atoms with Crippen molar-refractivity contribution in [3.05, 3.63) is 68.5 Å². The van der Waals surface area contributed by atoms with Crippen LogP contribution in [-0.4, -0.2) is 10.9 Å². The first-order chi connectivity index (χ1) is 11.4. The third-order valence-electron chi connectivity index (χ3n) is 3.90. The summed E-state index contributed by atoms with van der Waals surface area (Å²) in [5.74, 6) is -0.130. The zero-order chi connectivity index (χ0) is 17.3. The summed E-state index contributed by atoms with van der Waals surface area (Å²) < 4.78 is 1.03. The molecule has 0 aliphatic heterocycles. The number of amides is 1. The van der Waals surface area contributed by atoms with E-state index >= 15 is 0 Å². The minimum Gasteiger partial charge on any atom is -0.298 e. The molecule has 5 heteroatoms. The van der Waals surface area contributed by atoms with Crippen molar-refractivity contribution in [2.75, 3.05) is 5.32 Å². The Balaban J connectivity index is 1.83. The lowest BCUT2D eigenvalue weighted by Crippen LogP contribution is -2.12. The Morgan fingerprint density at radius 3 is 2.42 bits per heavy atom. The van der Waals surface area contributed by atoms with E-state index < -0.39 is 0 Å². The quantitative estimate of drug-likeness (QED) is 0.607. The summed E-state index contributed by atoms with van der Waals surface area (Å²) in [6.45, 7) is 6.05. The van der Waals surface area contributed by atoms with Crippen molar-refractivity contribution < 1.29 is 4.79 Å². The average Bonchev–Trinajstić information content (AvgIpc) is 2.91. The van der Waals surface area contributed by atoms with Crippen LogP contribution < -0.4 is 5.32 Å². The summed E-state index contributed by atoms with van der Waals surface area (Å²) in [4.78, 5) is 18.1. The Bertz CT molecular complexity index is 900. The molecular weight excluding hydrogens is 384 g/mol. The smallest absolute Gasteiger partial charge is 0.257 e. The number of halogens is 1. The molecule has 0 radical (unpaired) electrons. The molecule has 0 aliphatic rings. The summed E-state index contributed by atoms with van der Waals surface area (Å²) in [6.07, 6.45) is 0. The van der Waals surface area contributed by atoms with Crippen molar-refractivity contribution >= 4 is 38.3 Å². The van der Waals surface area contributed by atoms with Crippen LogP contribution in [0.25, 0.3) is 11.3 Å². The van der Waals surface area contributed by atoms with E-state index in [1.807, 2.05) is 63.2 Å². The van der Waals surface area contributed by atoms with Crippen LogP contribution in [-0.2, 0) is 0 Å². The van der Waals surface area contributed by atoms with Gasteiger partial charge in [-0.15, -0.1) is 11.3 Å². The number of rotatable bonds is 3. The molecule has 2 aromatic carbocycles. The number of carbonyl (C=O) groups excluding carboxylic acids is 1. The van der Waals surface area contributed by atoms with Crippen LogP contribution in [0, 0.1) is 20.8 Å². The Hall–Kier alpha value is -1.98. The number of nitrogens with one attached hydrogen (secondary N) is 1. The van der Waals surface area contributed by atoms with Crippen LogP contribution in [0.1, 0.15) is 26.4 Å². The predicted molar refractivity (Wildman–Crippen MR) is 104 cm³/mol. The van der Waals surface area contributed by atoms with E-state index in [0.717, 1.165) is 26.2 Å². The first-order valence-corrected chi connectivity index (χ1v) is 9.17. The van der Waals surface area contributed by atoms with Gasteiger partial charge in [-0.1, -0.05) is 34.1 Å². The van der Waals surface area contributed by atoms with E-state index in [1.165, 1.54) is 16.9 Å². The van der Waals surface area contributed by atoms with Crippen LogP contribution in [0.2, 0.25) is 0 Å². The maximum atomic E-state index is 12.4. The maximum Gasteiger partial charge on any atom is 0.257 e. The fourth-order valence-electron chi connectivity index (χ4n) is 2.38. The van der Waals surface area contributed by atoms with Crippen LogP contribution in [0.15, 0.2) is 46.9 Å². The second kappa shape index (κ2) is 6.87. The average molecular weight is 401 g/mol. The van der Waals surface area contributed by atoms with Gasteiger partial charge in [0, 0.05) is 20.5 Å². The van der Waals surface area contributed by atoms with E-state index in [-0.39, 0.29) is 5.91 Å². The van der Waals surface area contributed by atoms with Gasteiger partial charge >= 0.3 is 0 Å². The van der Waals surface area contributed by atoms with E-state index in [2.05, 4.69) is 26.2 Å². The van der Waals surface area contributed by atoms with E-state index in [9.17, 15) is 4.79 Å². The highest BCUT2D eigenvalue weighted by Crippen LogP contribution is 2.31. The van der Waals surface area contributed by atoms with Crippen LogP contribution in [0.3, 0.4) is 0 Å². The molecule has 3 aromatic rings. The number of benzene rings is 2. The molecule has 3 nitrogen and oxygen atoms in total. The molecule has 1 amide bonds. The molecule has 0 bridgehead atoms. The second-order valence-electron chi connectivity index (χ2n) is 5.68.